The molecule has 16 heavy (non-hydrogen) atoms. The Morgan fingerprint density at radius 3 is 2.12 bits per heavy atom. The lowest BCUT2D eigenvalue weighted by Gasteiger charge is -2.28. The van der Waals surface area contributed by atoms with E-state index >= 15 is 0 Å². The van der Waals surface area contributed by atoms with Crippen LogP contribution in [0.25, 0.3) is 0 Å². The molecule has 0 aliphatic heterocycles. The van der Waals surface area contributed by atoms with Crippen LogP contribution < -0.4 is 5.32 Å². The lowest BCUT2D eigenvalue weighted by atomic mass is 9.86. The molecule has 0 aromatic rings. The molecule has 0 aliphatic rings. The average molecular weight is 233 g/mol. The standard InChI is InChI=1S/C11H23NO4/c1-4-11(16)12-5-9(14)7(2)8(3)10(15)6-13/h7-10,13-15H,4-6H2,1-3H3,(H,12,16)/t7-,8-,9-,10+/m0/s1. The van der Waals surface area contributed by atoms with Gasteiger partial charge in [-0.1, -0.05) is 20.8 Å². The Hall–Kier alpha value is -0.650. The number of hydrogen-bond acceptors (Lipinski definition) is 4. The number of aliphatic hydroxyl groups is 3. The fraction of sp³-hybridized carbons (Fsp3) is 0.909. The van der Waals surface area contributed by atoms with Gasteiger partial charge in [0.05, 0.1) is 18.8 Å². The minimum Gasteiger partial charge on any atom is -0.394 e. The molecule has 0 saturated carbocycles. The van der Waals surface area contributed by atoms with E-state index in [2.05, 4.69) is 5.32 Å². The molecular weight excluding hydrogens is 210 g/mol. The SMILES string of the molecule is CCC(=O)NC[C@H](O)[C@@H](C)[C@H](C)[C@H](O)CO. The van der Waals surface area contributed by atoms with Crippen LogP contribution in [0.1, 0.15) is 27.2 Å². The van der Waals surface area contributed by atoms with E-state index in [0.29, 0.717) is 6.42 Å². The Morgan fingerprint density at radius 1 is 1.19 bits per heavy atom. The van der Waals surface area contributed by atoms with Gasteiger partial charge in [-0.05, 0) is 11.8 Å². The van der Waals surface area contributed by atoms with Gasteiger partial charge >= 0.3 is 0 Å². The highest BCUT2D eigenvalue weighted by molar-refractivity contribution is 5.75. The maximum atomic E-state index is 11.0. The second-order valence-electron chi connectivity index (χ2n) is 4.19. The number of nitrogens with one attached hydrogen (secondary N) is 1. The van der Waals surface area contributed by atoms with E-state index in [0.717, 1.165) is 0 Å². The second kappa shape index (κ2) is 7.60. The lowest BCUT2D eigenvalue weighted by Crippen LogP contribution is -2.40. The fourth-order valence-electron chi connectivity index (χ4n) is 1.40. The molecular formula is C11H23NO4. The first-order valence-electron chi connectivity index (χ1n) is 5.67. The molecule has 4 atom stereocenters. The first-order valence-corrected chi connectivity index (χ1v) is 5.67. The van der Waals surface area contributed by atoms with Crippen LogP contribution in [0, 0.1) is 11.8 Å². The fourth-order valence-corrected chi connectivity index (χ4v) is 1.40. The Labute approximate surface area is 96.5 Å². The largest absolute Gasteiger partial charge is 0.394 e. The van der Waals surface area contributed by atoms with Crippen molar-refractivity contribution in [3.8, 4) is 0 Å². The molecule has 0 aliphatic carbocycles. The molecule has 1 amide bonds. The van der Waals surface area contributed by atoms with Crippen molar-refractivity contribution in [3.05, 3.63) is 0 Å². The van der Waals surface area contributed by atoms with Crippen molar-refractivity contribution < 1.29 is 20.1 Å². The summed E-state index contributed by atoms with van der Waals surface area (Å²) in [7, 11) is 0. The van der Waals surface area contributed by atoms with Crippen molar-refractivity contribution in [2.45, 2.75) is 39.4 Å². The number of carbonyl (C=O) groups excluding carboxylic acids is 1. The van der Waals surface area contributed by atoms with Gasteiger partial charge in [0.2, 0.25) is 5.91 Å². The molecule has 0 saturated heterocycles. The summed E-state index contributed by atoms with van der Waals surface area (Å²) in [5.74, 6) is -0.528. The normalized spacial score (nSPS) is 18.6. The number of amides is 1. The average Bonchev–Trinajstić information content (AvgIpc) is 2.32. The summed E-state index contributed by atoms with van der Waals surface area (Å²) in [6.07, 6.45) is -1.17. The van der Waals surface area contributed by atoms with Gasteiger partial charge in [0.1, 0.15) is 0 Å². The van der Waals surface area contributed by atoms with Crippen LogP contribution in [-0.2, 0) is 4.79 Å². The van der Waals surface area contributed by atoms with E-state index < -0.39 is 12.2 Å². The third-order valence-electron chi connectivity index (χ3n) is 3.06. The Bertz CT molecular complexity index is 210. The van der Waals surface area contributed by atoms with Crippen molar-refractivity contribution in [1.29, 1.82) is 0 Å². The van der Waals surface area contributed by atoms with Gasteiger partial charge in [0.15, 0.2) is 0 Å². The van der Waals surface area contributed by atoms with Gasteiger partial charge < -0.3 is 20.6 Å². The van der Waals surface area contributed by atoms with Gasteiger partial charge in [-0.3, -0.25) is 4.79 Å². The Kier molecular flexibility index (Phi) is 7.29. The summed E-state index contributed by atoms with van der Waals surface area (Å²) in [5.41, 5.74) is 0. The van der Waals surface area contributed by atoms with Crippen LogP contribution in [0.4, 0.5) is 0 Å². The molecule has 0 radical (unpaired) electrons. The molecule has 4 N–H and O–H groups in total. The zero-order chi connectivity index (χ0) is 12.7. The summed E-state index contributed by atoms with van der Waals surface area (Å²) >= 11 is 0. The molecule has 0 fully saturated rings. The van der Waals surface area contributed by atoms with E-state index in [-0.39, 0.29) is 30.9 Å². The highest BCUT2D eigenvalue weighted by Crippen LogP contribution is 2.18. The van der Waals surface area contributed by atoms with Gasteiger partial charge in [0.25, 0.3) is 0 Å². The lowest BCUT2D eigenvalue weighted by molar-refractivity contribution is -0.121. The zero-order valence-electron chi connectivity index (χ0n) is 10.2. The molecule has 0 spiro atoms. The van der Waals surface area contributed by atoms with Gasteiger partial charge in [-0.2, -0.15) is 0 Å². The third-order valence-corrected chi connectivity index (χ3v) is 3.06. The van der Waals surface area contributed by atoms with Gasteiger partial charge in [-0.25, -0.2) is 0 Å². The molecule has 0 bridgehead atoms. The number of hydrogen-bond donors (Lipinski definition) is 4. The highest BCUT2D eigenvalue weighted by atomic mass is 16.3. The zero-order valence-corrected chi connectivity index (χ0v) is 10.2. The molecule has 0 rings (SSSR count). The first-order chi connectivity index (χ1) is 7.43. The smallest absolute Gasteiger partial charge is 0.219 e. The van der Waals surface area contributed by atoms with E-state index in [4.69, 9.17) is 5.11 Å². The highest BCUT2D eigenvalue weighted by Gasteiger charge is 2.26. The molecule has 0 heterocycles. The monoisotopic (exact) mass is 233 g/mol. The number of rotatable bonds is 7. The molecule has 96 valence electrons. The minimum atomic E-state index is -0.841. The first kappa shape index (κ1) is 15.3. The molecule has 5 nitrogen and oxygen atoms in total. The topological polar surface area (TPSA) is 89.8 Å². The Balaban J connectivity index is 4.06. The van der Waals surface area contributed by atoms with Crippen LogP contribution in [0.5, 0.6) is 0 Å². The number of aliphatic hydroxyl groups excluding tert-OH is 3. The van der Waals surface area contributed by atoms with Crippen molar-refractivity contribution >= 4 is 5.91 Å². The summed E-state index contributed by atoms with van der Waals surface area (Å²) in [6, 6.07) is 0. The summed E-state index contributed by atoms with van der Waals surface area (Å²) in [4.78, 5) is 11.0. The van der Waals surface area contributed by atoms with Gasteiger partial charge in [-0.15, -0.1) is 0 Å². The van der Waals surface area contributed by atoms with Crippen LogP contribution in [0.3, 0.4) is 0 Å². The van der Waals surface area contributed by atoms with Crippen molar-refractivity contribution in [1.82, 2.24) is 5.32 Å². The van der Waals surface area contributed by atoms with E-state index in [1.54, 1.807) is 20.8 Å². The van der Waals surface area contributed by atoms with Crippen LogP contribution in [-0.4, -0.2) is 46.6 Å². The predicted molar refractivity (Wildman–Crippen MR) is 60.7 cm³/mol. The van der Waals surface area contributed by atoms with Crippen LogP contribution in [0.2, 0.25) is 0 Å². The predicted octanol–water partition coefficient (Wildman–Crippen LogP) is -0.501. The second-order valence-corrected chi connectivity index (χ2v) is 4.19. The van der Waals surface area contributed by atoms with Crippen molar-refractivity contribution in [2.24, 2.45) is 11.8 Å². The molecule has 0 unspecified atom stereocenters. The third kappa shape index (κ3) is 4.92. The van der Waals surface area contributed by atoms with E-state index in [1.807, 2.05) is 0 Å². The van der Waals surface area contributed by atoms with Crippen molar-refractivity contribution in [2.75, 3.05) is 13.2 Å². The van der Waals surface area contributed by atoms with E-state index in [9.17, 15) is 15.0 Å². The summed E-state index contributed by atoms with van der Waals surface area (Å²) in [6.45, 7) is 5.14. The number of carbonyl (C=O) groups is 1. The molecule has 0 aromatic carbocycles. The van der Waals surface area contributed by atoms with Crippen LogP contribution in [0.15, 0.2) is 0 Å². The van der Waals surface area contributed by atoms with Gasteiger partial charge in [0, 0.05) is 13.0 Å². The summed E-state index contributed by atoms with van der Waals surface area (Å²) < 4.78 is 0. The maximum absolute atomic E-state index is 11.0. The quantitative estimate of drug-likeness (QED) is 0.477. The maximum Gasteiger partial charge on any atom is 0.219 e. The van der Waals surface area contributed by atoms with E-state index in [1.165, 1.54) is 0 Å². The van der Waals surface area contributed by atoms with Crippen LogP contribution >= 0.6 is 0 Å². The molecule has 5 heteroatoms. The summed E-state index contributed by atoms with van der Waals surface area (Å²) in [5, 5.41) is 30.6. The minimum absolute atomic E-state index is 0.110. The molecule has 0 aromatic heterocycles. The Morgan fingerprint density at radius 2 is 1.69 bits per heavy atom. The van der Waals surface area contributed by atoms with Crippen molar-refractivity contribution in [3.63, 3.8) is 0 Å².